The van der Waals surface area contributed by atoms with Crippen LogP contribution in [-0.4, -0.2) is 37.2 Å². The summed E-state index contributed by atoms with van der Waals surface area (Å²) in [5, 5.41) is 0. The predicted molar refractivity (Wildman–Crippen MR) is 288 cm³/mol. The van der Waals surface area contributed by atoms with E-state index >= 15 is 0 Å². The van der Waals surface area contributed by atoms with Crippen LogP contribution in [0.4, 0.5) is 0 Å². The van der Waals surface area contributed by atoms with Crippen molar-refractivity contribution in [3.05, 3.63) is 60.8 Å². The van der Waals surface area contributed by atoms with Crippen molar-refractivity contribution < 1.29 is 28.6 Å². The molecule has 1 unspecified atom stereocenters. The van der Waals surface area contributed by atoms with Gasteiger partial charge in [0.25, 0.3) is 0 Å². The number of unbranched alkanes of at least 4 members (excludes halogenated alkanes) is 31. The molecule has 1 atom stereocenters. The van der Waals surface area contributed by atoms with Gasteiger partial charge in [0.2, 0.25) is 0 Å². The highest BCUT2D eigenvalue weighted by Crippen LogP contribution is 2.16. The number of esters is 3. The maximum absolute atomic E-state index is 12.8. The largest absolute Gasteiger partial charge is 0.462 e. The van der Waals surface area contributed by atoms with E-state index in [4.69, 9.17) is 14.2 Å². The summed E-state index contributed by atoms with van der Waals surface area (Å²) in [5.74, 6) is -0.883. The summed E-state index contributed by atoms with van der Waals surface area (Å²) < 4.78 is 16.8. The molecule has 0 aromatic carbocycles. The Bertz CT molecular complexity index is 1210. The quantitative estimate of drug-likeness (QED) is 0.0262. The van der Waals surface area contributed by atoms with Crippen molar-refractivity contribution in [2.45, 2.75) is 297 Å². The molecule has 0 aliphatic heterocycles. The Hall–Kier alpha value is -2.89. The van der Waals surface area contributed by atoms with Crippen molar-refractivity contribution in [3.8, 4) is 0 Å². The summed E-state index contributed by atoms with van der Waals surface area (Å²) in [5.41, 5.74) is 0. The first-order valence-electron chi connectivity index (χ1n) is 28.8. The number of hydrogen-bond acceptors (Lipinski definition) is 6. The second kappa shape index (κ2) is 55.7. The summed E-state index contributed by atoms with van der Waals surface area (Å²) in [6.45, 7) is 6.50. The minimum atomic E-state index is -0.775. The lowest BCUT2D eigenvalue weighted by molar-refractivity contribution is -0.167. The number of ether oxygens (including phenoxy) is 3. The van der Waals surface area contributed by atoms with Crippen LogP contribution in [0, 0.1) is 0 Å². The van der Waals surface area contributed by atoms with E-state index in [0.29, 0.717) is 19.3 Å². The Kier molecular flexibility index (Phi) is 53.3. The molecule has 67 heavy (non-hydrogen) atoms. The van der Waals surface area contributed by atoms with Gasteiger partial charge in [-0.25, -0.2) is 0 Å². The van der Waals surface area contributed by atoms with E-state index in [2.05, 4.69) is 81.5 Å². The van der Waals surface area contributed by atoms with Gasteiger partial charge in [-0.15, -0.1) is 0 Å². The van der Waals surface area contributed by atoms with Crippen molar-refractivity contribution >= 4 is 17.9 Å². The average Bonchev–Trinajstić information content (AvgIpc) is 3.33. The Balaban J connectivity index is 4.20. The van der Waals surface area contributed by atoms with Gasteiger partial charge in [-0.2, -0.15) is 0 Å². The Morgan fingerprint density at radius 3 is 0.925 bits per heavy atom. The van der Waals surface area contributed by atoms with E-state index < -0.39 is 6.10 Å². The highest BCUT2D eigenvalue weighted by Gasteiger charge is 2.19. The molecule has 0 spiro atoms. The summed E-state index contributed by atoms with van der Waals surface area (Å²) in [6.07, 6.45) is 69.5. The maximum Gasteiger partial charge on any atom is 0.306 e. The van der Waals surface area contributed by atoms with Crippen LogP contribution in [0.15, 0.2) is 60.8 Å². The van der Waals surface area contributed by atoms with Gasteiger partial charge in [-0.1, -0.05) is 248 Å². The second-order valence-corrected chi connectivity index (χ2v) is 19.2. The highest BCUT2D eigenvalue weighted by atomic mass is 16.6. The fourth-order valence-corrected chi connectivity index (χ4v) is 8.19. The zero-order valence-electron chi connectivity index (χ0n) is 44.4. The van der Waals surface area contributed by atoms with E-state index in [-0.39, 0.29) is 31.1 Å². The zero-order chi connectivity index (χ0) is 48.6. The van der Waals surface area contributed by atoms with Crippen LogP contribution in [0.1, 0.15) is 290 Å². The first-order chi connectivity index (χ1) is 33.0. The van der Waals surface area contributed by atoms with Crippen LogP contribution in [0.2, 0.25) is 0 Å². The molecule has 0 aromatic heterocycles. The van der Waals surface area contributed by atoms with Crippen LogP contribution in [-0.2, 0) is 28.6 Å². The predicted octanol–water partition coefficient (Wildman–Crippen LogP) is 19.2. The minimum absolute atomic E-state index is 0.0760. The molecular weight excluding hydrogens is 829 g/mol. The number of carbonyl (C=O) groups is 3. The number of allylic oxidation sites excluding steroid dienone is 10. The smallest absolute Gasteiger partial charge is 0.306 e. The minimum Gasteiger partial charge on any atom is -0.462 e. The van der Waals surface area contributed by atoms with Crippen LogP contribution in [0.5, 0.6) is 0 Å². The normalized spacial score (nSPS) is 12.5. The van der Waals surface area contributed by atoms with Crippen molar-refractivity contribution in [1.29, 1.82) is 0 Å². The topological polar surface area (TPSA) is 78.9 Å². The molecule has 0 radical (unpaired) electrons. The Morgan fingerprint density at radius 1 is 0.313 bits per heavy atom. The molecule has 0 rings (SSSR count). The van der Waals surface area contributed by atoms with E-state index in [0.717, 1.165) is 89.9 Å². The third-order valence-corrected chi connectivity index (χ3v) is 12.5. The van der Waals surface area contributed by atoms with Crippen LogP contribution >= 0.6 is 0 Å². The number of hydrogen-bond donors (Lipinski definition) is 0. The van der Waals surface area contributed by atoms with Gasteiger partial charge < -0.3 is 14.2 Å². The fraction of sp³-hybridized carbons (Fsp3) is 0.787. The van der Waals surface area contributed by atoms with Gasteiger partial charge in [-0.05, 0) is 83.5 Å². The highest BCUT2D eigenvalue weighted by molar-refractivity contribution is 5.71. The average molecular weight is 938 g/mol. The maximum atomic E-state index is 12.8. The van der Waals surface area contributed by atoms with E-state index in [1.807, 2.05) is 0 Å². The molecule has 0 aliphatic carbocycles. The molecule has 0 saturated heterocycles. The van der Waals surface area contributed by atoms with Gasteiger partial charge in [0, 0.05) is 19.3 Å². The molecule has 0 aliphatic rings. The monoisotopic (exact) mass is 937 g/mol. The van der Waals surface area contributed by atoms with Crippen molar-refractivity contribution in [3.63, 3.8) is 0 Å². The molecule has 0 saturated carbocycles. The summed E-state index contributed by atoms with van der Waals surface area (Å²) in [6, 6.07) is 0. The van der Waals surface area contributed by atoms with Gasteiger partial charge in [0.15, 0.2) is 6.10 Å². The van der Waals surface area contributed by atoms with E-state index in [9.17, 15) is 14.4 Å². The van der Waals surface area contributed by atoms with Crippen molar-refractivity contribution in [1.82, 2.24) is 0 Å². The molecule has 0 bridgehead atoms. The third-order valence-electron chi connectivity index (χ3n) is 12.5. The van der Waals surface area contributed by atoms with Crippen LogP contribution < -0.4 is 0 Å². The van der Waals surface area contributed by atoms with Crippen molar-refractivity contribution in [2.24, 2.45) is 0 Å². The molecule has 0 aromatic rings. The molecule has 0 heterocycles. The first kappa shape index (κ1) is 64.1. The lowest BCUT2D eigenvalue weighted by atomic mass is 10.1. The van der Waals surface area contributed by atoms with Gasteiger partial charge in [0.05, 0.1) is 0 Å². The fourth-order valence-electron chi connectivity index (χ4n) is 8.19. The van der Waals surface area contributed by atoms with Crippen LogP contribution in [0.3, 0.4) is 0 Å². The van der Waals surface area contributed by atoms with Gasteiger partial charge in [-0.3, -0.25) is 14.4 Å². The molecule has 0 N–H and O–H groups in total. The lowest BCUT2D eigenvalue weighted by Gasteiger charge is -2.18. The molecular formula is C61H108O6. The molecule has 0 amide bonds. The standard InChI is InChI=1S/C61H108O6/c1-4-7-10-13-16-18-20-22-24-26-28-30-32-34-36-38-40-42-45-48-51-54-60(63)66-57-58(56-65-59(62)53-50-47-44-15-12-9-6-3)67-61(64)55-52-49-46-43-41-39-37-35-33-31-29-27-25-23-21-19-17-14-11-8-5-2/h7,10,16,18,22,24,27-30,58H,4-6,8-9,11-15,17,19-21,23,25-26,31-57H2,1-3H3/b10-7-,18-16-,24-22-,29-27-,30-28-. The molecule has 6 nitrogen and oxygen atoms in total. The first-order valence-corrected chi connectivity index (χ1v) is 28.8. The molecule has 388 valence electrons. The lowest BCUT2D eigenvalue weighted by Crippen LogP contribution is -2.30. The number of carbonyl (C=O) groups excluding carboxylic acids is 3. The van der Waals surface area contributed by atoms with E-state index in [1.165, 1.54) is 161 Å². The van der Waals surface area contributed by atoms with Crippen LogP contribution in [0.25, 0.3) is 0 Å². The summed E-state index contributed by atoms with van der Waals surface area (Å²) >= 11 is 0. The molecule has 6 heteroatoms. The van der Waals surface area contributed by atoms with Gasteiger partial charge in [0.1, 0.15) is 13.2 Å². The van der Waals surface area contributed by atoms with Crippen molar-refractivity contribution in [2.75, 3.05) is 13.2 Å². The Morgan fingerprint density at radius 2 is 0.582 bits per heavy atom. The van der Waals surface area contributed by atoms with E-state index in [1.54, 1.807) is 0 Å². The summed E-state index contributed by atoms with van der Waals surface area (Å²) in [4.78, 5) is 38.0. The third kappa shape index (κ3) is 53.9. The Labute approximate surface area is 415 Å². The SMILES string of the molecule is CC/C=C\C/C=C\C/C=C\C/C=C\CCCCCCCCCCC(=O)OCC(COC(=O)CCCCCCCCC)OC(=O)CCCCCCCCCCC/C=C\CCCCCCCCCC. The molecule has 0 fully saturated rings. The second-order valence-electron chi connectivity index (χ2n) is 19.2. The zero-order valence-corrected chi connectivity index (χ0v) is 44.4. The summed E-state index contributed by atoms with van der Waals surface area (Å²) in [7, 11) is 0. The number of rotatable bonds is 52. The van der Waals surface area contributed by atoms with Gasteiger partial charge >= 0.3 is 17.9 Å².